The molecule has 1 aliphatic heterocycles. The lowest BCUT2D eigenvalue weighted by Gasteiger charge is -2.39. The van der Waals surface area contributed by atoms with Gasteiger partial charge in [-0.2, -0.15) is 0 Å². The number of nitrogens with zero attached hydrogens (tertiary/aromatic N) is 1. The van der Waals surface area contributed by atoms with Gasteiger partial charge in [0.25, 0.3) is 5.91 Å². The maximum absolute atomic E-state index is 12.6. The third kappa shape index (κ3) is 2.45. The van der Waals surface area contributed by atoms with E-state index in [4.69, 9.17) is 9.52 Å². The Bertz CT molecular complexity index is 603. The first-order chi connectivity index (χ1) is 9.69. The van der Waals surface area contributed by atoms with Crippen molar-refractivity contribution in [2.75, 3.05) is 6.54 Å². The van der Waals surface area contributed by atoms with Crippen LogP contribution in [-0.2, 0) is 0 Å². The number of carboxylic acids is 1. The highest BCUT2D eigenvalue weighted by Crippen LogP contribution is 2.52. The summed E-state index contributed by atoms with van der Waals surface area (Å²) >= 11 is 0. The molecule has 21 heavy (non-hydrogen) atoms. The first-order valence-electron chi connectivity index (χ1n) is 7.32. The van der Waals surface area contributed by atoms with Gasteiger partial charge in [0.1, 0.15) is 6.26 Å². The first kappa shape index (κ1) is 14.2. The second kappa shape index (κ2) is 4.36. The van der Waals surface area contributed by atoms with Crippen LogP contribution in [0, 0.1) is 10.8 Å². The maximum atomic E-state index is 12.6. The van der Waals surface area contributed by atoms with Crippen molar-refractivity contribution in [3.05, 3.63) is 23.7 Å². The minimum atomic E-state index is -1.08. The molecule has 1 aromatic rings. The average Bonchev–Trinajstić information content (AvgIpc) is 2.90. The zero-order valence-electron chi connectivity index (χ0n) is 12.7. The minimum absolute atomic E-state index is 0.0204. The van der Waals surface area contributed by atoms with Crippen LogP contribution in [0.4, 0.5) is 0 Å². The minimum Gasteiger partial charge on any atom is -0.478 e. The molecule has 2 unspecified atom stereocenters. The van der Waals surface area contributed by atoms with Crippen molar-refractivity contribution in [2.45, 2.75) is 46.1 Å². The highest BCUT2D eigenvalue weighted by Gasteiger charge is 2.51. The Labute approximate surface area is 123 Å². The van der Waals surface area contributed by atoms with Crippen molar-refractivity contribution in [2.24, 2.45) is 10.8 Å². The molecular weight excluding hydrogens is 270 g/mol. The molecule has 1 aliphatic carbocycles. The molecule has 2 aliphatic rings. The number of carbonyl (C=O) groups is 2. The number of hydrogen-bond donors (Lipinski definition) is 1. The van der Waals surface area contributed by atoms with Gasteiger partial charge in [0.05, 0.1) is 5.56 Å². The summed E-state index contributed by atoms with van der Waals surface area (Å²) in [6, 6.07) is 1.55. The topological polar surface area (TPSA) is 70.8 Å². The van der Waals surface area contributed by atoms with Crippen LogP contribution >= 0.6 is 0 Å². The normalized spacial score (nSPS) is 30.4. The molecule has 2 heterocycles. The monoisotopic (exact) mass is 291 g/mol. The molecule has 1 aromatic heterocycles. The summed E-state index contributed by atoms with van der Waals surface area (Å²) in [4.78, 5) is 25.4. The quantitative estimate of drug-likeness (QED) is 0.909. The molecule has 2 atom stereocenters. The molecule has 1 saturated carbocycles. The summed E-state index contributed by atoms with van der Waals surface area (Å²) in [6.07, 6.45) is 4.25. The molecule has 5 heteroatoms. The molecule has 2 fully saturated rings. The Balaban J connectivity index is 1.84. The molecule has 114 valence electrons. The molecule has 1 saturated heterocycles. The van der Waals surface area contributed by atoms with Crippen molar-refractivity contribution in [1.82, 2.24) is 4.90 Å². The fourth-order valence-electron chi connectivity index (χ4n) is 4.40. The molecule has 0 radical (unpaired) electrons. The molecule has 3 rings (SSSR count). The van der Waals surface area contributed by atoms with Crippen molar-refractivity contribution in [1.29, 1.82) is 0 Å². The number of furan rings is 1. The van der Waals surface area contributed by atoms with Gasteiger partial charge in [-0.3, -0.25) is 4.79 Å². The molecule has 1 amide bonds. The Kier molecular flexibility index (Phi) is 2.94. The third-order valence-corrected chi connectivity index (χ3v) is 4.73. The zero-order valence-corrected chi connectivity index (χ0v) is 12.7. The smallest absolute Gasteiger partial charge is 0.338 e. The van der Waals surface area contributed by atoms with Crippen LogP contribution in [0.15, 0.2) is 16.7 Å². The van der Waals surface area contributed by atoms with E-state index in [1.54, 1.807) is 0 Å². The van der Waals surface area contributed by atoms with Crippen LogP contribution in [0.1, 0.15) is 60.9 Å². The van der Waals surface area contributed by atoms with Gasteiger partial charge in [0.15, 0.2) is 5.76 Å². The number of carboxylic acid groups (broad SMARTS) is 1. The van der Waals surface area contributed by atoms with E-state index in [0.717, 1.165) is 32.1 Å². The summed E-state index contributed by atoms with van der Waals surface area (Å²) in [5.41, 5.74) is 0.416. The van der Waals surface area contributed by atoms with Crippen LogP contribution in [0.25, 0.3) is 0 Å². The van der Waals surface area contributed by atoms with Crippen LogP contribution in [-0.4, -0.2) is 34.5 Å². The Morgan fingerprint density at radius 3 is 2.67 bits per heavy atom. The molecule has 0 spiro atoms. The average molecular weight is 291 g/mol. The van der Waals surface area contributed by atoms with E-state index in [1.807, 2.05) is 4.90 Å². The van der Waals surface area contributed by atoms with Crippen LogP contribution in [0.2, 0.25) is 0 Å². The predicted molar refractivity (Wildman–Crippen MR) is 76.2 cm³/mol. The SMILES string of the molecule is CC1(C)CC2CC(C)(CN2C(=O)c2cc(C(=O)O)co2)C1. The van der Waals surface area contributed by atoms with Crippen LogP contribution in [0.3, 0.4) is 0 Å². The van der Waals surface area contributed by atoms with Crippen molar-refractivity contribution in [3.63, 3.8) is 0 Å². The zero-order chi connectivity index (χ0) is 15.4. The van der Waals surface area contributed by atoms with Crippen molar-refractivity contribution >= 4 is 11.9 Å². The Morgan fingerprint density at radius 2 is 2.05 bits per heavy atom. The third-order valence-electron chi connectivity index (χ3n) is 4.73. The van der Waals surface area contributed by atoms with Crippen LogP contribution in [0.5, 0.6) is 0 Å². The summed E-state index contributed by atoms with van der Waals surface area (Å²) < 4.78 is 5.16. The van der Waals surface area contributed by atoms with Gasteiger partial charge in [0, 0.05) is 18.7 Å². The van der Waals surface area contributed by atoms with Crippen molar-refractivity contribution < 1.29 is 19.1 Å². The van der Waals surface area contributed by atoms with Crippen LogP contribution < -0.4 is 0 Å². The lowest BCUT2D eigenvalue weighted by molar-refractivity contribution is 0.0672. The molecule has 5 nitrogen and oxygen atoms in total. The molecular formula is C16H21NO4. The molecule has 1 N–H and O–H groups in total. The maximum Gasteiger partial charge on any atom is 0.338 e. The van der Waals surface area contributed by atoms with Gasteiger partial charge in [0.2, 0.25) is 0 Å². The number of hydrogen-bond acceptors (Lipinski definition) is 3. The summed E-state index contributed by atoms with van der Waals surface area (Å²) in [7, 11) is 0. The fourth-order valence-corrected chi connectivity index (χ4v) is 4.40. The number of fused-ring (bicyclic) bond motifs is 2. The predicted octanol–water partition coefficient (Wildman–Crippen LogP) is 3.02. The van der Waals surface area contributed by atoms with E-state index in [2.05, 4.69) is 20.8 Å². The highest BCUT2D eigenvalue weighted by atomic mass is 16.4. The molecule has 2 bridgehead atoms. The first-order valence-corrected chi connectivity index (χ1v) is 7.32. The van der Waals surface area contributed by atoms with Gasteiger partial charge in [-0.25, -0.2) is 4.79 Å². The number of rotatable bonds is 2. The van der Waals surface area contributed by atoms with E-state index in [-0.39, 0.29) is 34.1 Å². The number of aromatic carboxylic acids is 1. The number of likely N-dealkylation sites (tertiary alicyclic amines) is 1. The molecule has 0 aromatic carbocycles. The Morgan fingerprint density at radius 1 is 1.33 bits per heavy atom. The summed E-state index contributed by atoms with van der Waals surface area (Å²) in [5.74, 6) is -1.14. The van der Waals surface area contributed by atoms with Gasteiger partial charge in [-0.1, -0.05) is 20.8 Å². The number of carbonyl (C=O) groups excluding carboxylic acids is 1. The van der Waals surface area contributed by atoms with Gasteiger partial charge in [-0.15, -0.1) is 0 Å². The largest absolute Gasteiger partial charge is 0.478 e. The Hall–Kier alpha value is -1.78. The van der Waals surface area contributed by atoms with E-state index in [0.29, 0.717) is 0 Å². The lowest BCUT2D eigenvalue weighted by atomic mass is 9.65. The van der Waals surface area contributed by atoms with Gasteiger partial charge < -0.3 is 14.4 Å². The second-order valence-electron chi connectivity index (χ2n) is 7.65. The van der Waals surface area contributed by atoms with Gasteiger partial charge in [-0.05, 0) is 30.1 Å². The van der Waals surface area contributed by atoms with E-state index in [9.17, 15) is 9.59 Å². The van der Waals surface area contributed by atoms with Crippen molar-refractivity contribution in [3.8, 4) is 0 Å². The van der Waals surface area contributed by atoms with E-state index >= 15 is 0 Å². The standard InChI is InChI=1S/C16H21NO4/c1-15(2)5-11-6-16(3,8-15)9-17(11)13(18)12-4-10(7-21-12)14(19)20/h4,7,11H,5-6,8-9H2,1-3H3,(H,19,20). The lowest BCUT2D eigenvalue weighted by Crippen LogP contribution is -2.37. The highest BCUT2D eigenvalue weighted by molar-refractivity contribution is 5.95. The summed E-state index contributed by atoms with van der Waals surface area (Å²) in [5, 5.41) is 8.92. The number of amides is 1. The summed E-state index contributed by atoms with van der Waals surface area (Å²) in [6.45, 7) is 7.46. The van der Waals surface area contributed by atoms with Gasteiger partial charge >= 0.3 is 5.97 Å². The second-order valence-corrected chi connectivity index (χ2v) is 7.65. The van der Waals surface area contributed by atoms with E-state index < -0.39 is 5.97 Å². The fraction of sp³-hybridized carbons (Fsp3) is 0.625. The van der Waals surface area contributed by atoms with E-state index in [1.165, 1.54) is 6.07 Å².